The van der Waals surface area contributed by atoms with Crippen LogP contribution >= 0.6 is 0 Å². The van der Waals surface area contributed by atoms with E-state index in [0.29, 0.717) is 36.0 Å². The summed E-state index contributed by atoms with van der Waals surface area (Å²) >= 11 is 0. The van der Waals surface area contributed by atoms with Crippen molar-refractivity contribution < 1.29 is 14.1 Å². The van der Waals surface area contributed by atoms with Crippen molar-refractivity contribution >= 4 is 5.91 Å². The molecule has 3 rings (SSSR count). The molecule has 1 aromatic heterocycles. The maximum absolute atomic E-state index is 12.4. The van der Waals surface area contributed by atoms with Gasteiger partial charge in [-0.05, 0) is 55.6 Å². The molecule has 0 spiro atoms. The van der Waals surface area contributed by atoms with Gasteiger partial charge in [-0.15, -0.1) is 0 Å². The van der Waals surface area contributed by atoms with Crippen LogP contribution in [0.4, 0.5) is 0 Å². The van der Waals surface area contributed by atoms with Gasteiger partial charge in [0, 0.05) is 18.5 Å². The van der Waals surface area contributed by atoms with Crippen molar-refractivity contribution in [3.63, 3.8) is 0 Å². The number of aryl methyl sites for hydroxylation is 1. The van der Waals surface area contributed by atoms with Gasteiger partial charge in [0.25, 0.3) is 5.91 Å². The van der Waals surface area contributed by atoms with Crippen molar-refractivity contribution in [3.05, 3.63) is 41.5 Å². The first-order valence-corrected chi connectivity index (χ1v) is 9.11. The lowest BCUT2D eigenvalue weighted by molar-refractivity contribution is 0.0922. The van der Waals surface area contributed by atoms with E-state index in [1.54, 1.807) is 24.3 Å². The Hall–Kier alpha value is -2.41. The predicted molar refractivity (Wildman–Crippen MR) is 97.0 cm³/mol. The Morgan fingerprint density at radius 1 is 1.31 bits per heavy atom. The highest BCUT2D eigenvalue weighted by Gasteiger charge is 2.27. The summed E-state index contributed by atoms with van der Waals surface area (Å²) in [6.45, 7) is 7.14. The summed E-state index contributed by atoms with van der Waals surface area (Å²) < 4.78 is 10.7. The Bertz CT molecular complexity index is 721. The molecule has 2 N–H and O–H groups in total. The molecular formula is C19H26N4O3. The Kier molecular flexibility index (Phi) is 5.88. The minimum Gasteiger partial charge on any atom is -0.485 e. The van der Waals surface area contributed by atoms with Gasteiger partial charge in [0.2, 0.25) is 11.7 Å². The molecule has 1 amide bonds. The number of rotatable bonds is 7. The molecule has 1 aliphatic rings. The number of hydrogen-bond donors (Lipinski definition) is 2. The smallest absolute Gasteiger partial charge is 0.251 e. The number of hydrogen-bond acceptors (Lipinski definition) is 6. The van der Waals surface area contributed by atoms with E-state index < -0.39 is 0 Å². The average molecular weight is 358 g/mol. The number of ether oxygens (including phenoxy) is 1. The highest BCUT2D eigenvalue weighted by molar-refractivity contribution is 5.94. The number of amides is 1. The third-order valence-electron chi connectivity index (χ3n) is 4.78. The van der Waals surface area contributed by atoms with Gasteiger partial charge in [-0.2, -0.15) is 4.98 Å². The summed E-state index contributed by atoms with van der Waals surface area (Å²) in [6, 6.07) is 7.09. The van der Waals surface area contributed by atoms with Crippen LogP contribution in [0, 0.1) is 5.41 Å². The minimum atomic E-state index is -0.0536. The normalized spacial score (nSPS) is 16.2. The van der Waals surface area contributed by atoms with Crippen molar-refractivity contribution in [1.82, 2.24) is 20.8 Å². The lowest BCUT2D eigenvalue weighted by atomic mass is 9.81. The second-order valence-electron chi connectivity index (χ2n) is 7.01. The second-order valence-corrected chi connectivity index (χ2v) is 7.01. The second kappa shape index (κ2) is 8.31. The summed E-state index contributed by atoms with van der Waals surface area (Å²) in [5.41, 5.74) is 0.800. The molecule has 7 heteroatoms. The fraction of sp³-hybridized carbons (Fsp3) is 0.526. The lowest BCUT2D eigenvalue weighted by Gasteiger charge is -2.34. The van der Waals surface area contributed by atoms with Gasteiger partial charge < -0.3 is 19.9 Å². The zero-order valence-corrected chi connectivity index (χ0v) is 15.4. The third kappa shape index (κ3) is 4.82. The fourth-order valence-corrected chi connectivity index (χ4v) is 2.95. The zero-order valence-electron chi connectivity index (χ0n) is 15.4. The van der Waals surface area contributed by atoms with Crippen LogP contribution in [0.15, 0.2) is 28.8 Å². The largest absolute Gasteiger partial charge is 0.485 e. The topological polar surface area (TPSA) is 89.3 Å². The quantitative estimate of drug-likeness (QED) is 0.790. The van der Waals surface area contributed by atoms with Crippen LogP contribution in [0.3, 0.4) is 0 Å². The van der Waals surface area contributed by atoms with Gasteiger partial charge in [-0.1, -0.05) is 19.0 Å². The molecular weight excluding hydrogens is 332 g/mol. The molecule has 0 aliphatic carbocycles. The van der Waals surface area contributed by atoms with E-state index in [9.17, 15) is 4.79 Å². The van der Waals surface area contributed by atoms with Crippen molar-refractivity contribution in [2.45, 2.75) is 39.7 Å². The maximum Gasteiger partial charge on any atom is 0.251 e. The number of piperidine rings is 1. The van der Waals surface area contributed by atoms with E-state index in [4.69, 9.17) is 9.26 Å². The van der Waals surface area contributed by atoms with E-state index in [1.807, 2.05) is 6.92 Å². The zero-order chi connectivity index (χ0) is 18.4. The van der Waals surface area contributed by atoms with Gasteiger partial charge in [-0.25, -0.2) is 0 Å². The van der Waals surface area contributed by atoms with E-state index in [1.165, 1.54) is 0 Å². The molecule has 140 valence electrons. The van der Waals surface area contributed by atoms with Crippen molar-refractivity contribution in [2.24, 2.45) is 5.41 Å². The van der Waals surface area contributed by atoms with E-state index >= 15 is 0 Å². The van der Waals surface area contributed by atoms with Crippen LogP contribution in [0.1, 0.15) is 48.8 Å². The monoisotopic (exact) mass is 358 g/mol. The first-order chi connectivity index (χ1) is 12.6. The molecule has 7 nitrogen and oxygen atoms in total. The van der Waals surface area contributed by atoms with Gasteiger partial charge in [-0.3, -0.25) is 4.79 Å². The number of benzene rings is 1. The highest BCUT2D eigenvalue weighted by Crippen LogP contribution is 2.26. The molecule has 0 radical (unpaired) electrons. The number of carbonyl (C=O) groups is 1. The Labute approximate surface area is 153 Å². The Morgan fingerprint density at radius 3 is 2.69 bits per heavy atom. The summed E-state index contributed by atoms with van der Waals surface area (Å²) in [4.78, 5) is 16.5. The van der Waals surface area contributed by atoms with Gasteiger partial charge in [0.15, 0.2) is 6.61 Å². The summed E-state index contributed by atoms with van der Waals surface area (Å²) in [7, 11) is 0. The Balaban J connectivity index is 1.49. The van der Waals surface area contributed by atoms with Crippen molar-refractivity contribution in [3.8, 4) is 5.75 Å². The molecule has 1 aliphatic heterocycles. The minimum absolute atomic E-state index is 0.0536. The SMILES string of the molecule is CCc1nc(COc2ccc(C(=O)NCC3(C)CCNCC3)cc2)no1. The average Bonchev–Trinajstić information content (AvgIpc) is 3.14. The number of nitrogens with zero attached hydrogens (tertiary/aromatic N) is 2. The maximum atomic E-state index is 12.4. The van der Waals surface area contributed by atoms with Crippen LogP contribution in [0.2, 0.25) is 0 Å². The highest BCUT2D eigenvalue weighted by atomic mass is 16.5. The first-order valence-electron chi connectivity index (χ1n) is 9.11. The molecule has 1 fully saturated rings. The molecule has 2 aromatic rings. The molecule has 1 aromatic carbocycles. The predicted octanol–water partition coefficient (Wildman–Crippen LogP) is 2.33. The van der Waals surface area contributed by atoms with Gasteiger partial charge >= 0.3 is 0 Å². The number of aromatic nitrogens is 2. The Morgan fingerprint density at radius 2 is 2.04 bits per heavy atom. The van der Waals surface area contributed by atoms with Crippen LogP contribution in [-0.2, 0) is 13.0 Å². The molecule has 1 saturated heterocycles. The standard InChI is InChI=1S/C19H26N4O3/c1-3-17-22-16(23-26-17)12-25-15-6-4-14(5-7-15)18(24)21-13-19(2)8-10-20-11-9-19/h4-7,20H,3,8-13H2,1-2H3,(H,21,24). The molecule has 0 bridgehead atoms. The van der Waals surface area contributed by atoms with Crippen LogP contribution in [-0.4, -0.2) is 35.7 Å². The molecule has 26 heavy (non-hydrogen) atoms. The summed E-state index contributed by atoms with van der Waals surface area (Å²) in [5, 5.41) is 10.3. The molecule has 2 heterocycles. The molecule has 0 saturated carbocycles. The lowest BCUT2D eigenvalue weighted by Crippen LogP contribution is -2.42. The summed E-state index contributed by atoms with van der Waals surface area (Å²) in [6.07, 6.45) is 2.86. The molecule has 0 atom stereocenters. The van der Waals surface area contributed by atoms with Crippen molar-refractivity contribution in [1.29, 1.82) is 0 Å². The van der Waals surface area contributed by atoms with Gasteiger partial charge in [0.1, 0.15) is 5.75 Å². The number of nitrogens with one attached hydrogen (secondary N) is 2. The number of carbonyl (C=O) groups excluding carboxylic acids is 1. The third-order valence-corrected chi connectivity index (χ3v) is 4.78. The van der Waals surface area contributed by atoms with E-state index in [-0.39, 0.29) is 17.9 Å². The van der Waals surface area contributed by atoms with Gasteiger partial charge in [0.05, 0.1) is 0 Å². The first kappa shape index (κ1) is 18.4. The summed E-state index contributed by atoms with van der Waals surface area (Å²) in [5.74, 6) is 1.72. The van der Waals surface area contributed by atoms with Crippen molar-refractivity contribution in [2.75, 3.05) is 19.6 Å². The van der Waals surface area contributed by atoms with Crippen LogP contribution in [0.5, 0.6) is 5.75 Å². The van der Waals surface area contributed by atoms with E-state index in [0.717, 1.165) is 25.9 Å². The van der Waals surface area contributed by atoms with E-state index in [2.05, 4.69) is 27.7 Å². The fourth-order valence-electron chi connectivity index (χ4n) is 2.95. The molecule has 0 unspecified atom stereocenters. The van der Waals surface area contributed by atoms with Crippen LogP contribution in [0.25, 0.3) is 0 Å². The van der Waals surface area contributed by atoms with Crippen LogP contribution < -0.4 is 15.4 Å².